The van der Waals surface area contributed by atoms with Crippen LogP contribution in [0.3, 0.4) is 0 Å². The van der Waals surface area contributed by atoms with Crippen LogP contribution in [0.15, 0.2) is 35.8 Å². The normalized spacial score (nSPS) is 16.6. The van der Waals surface area contributed by atoms with Gasteiger partial charge in [-0.05, 0) is 17.9 Å². The van der Waals surface area contributed by atoms with Crippen molar-refractivity contribution in [1.82, 2.24) is 0 Å². The van der Waals surface area contributed by atoms with Gasteiger partial charge in [0.25, 0.3) is 0 Å². The number of aromatic carboxylic acids is 1. The molecule has 0 radical (unpaired) electrons. The van der Waals surface area contributed by atoms with Gasteiger partial charge in [-0.1, -0.05) is 12.1 Å². The molecule has 0 fully saturated rings. The first-order valence-corrected chi connectivity index (χ1v) is 6.77. The van der Waals surface area contributed by atoms with E-state index in [0.29, 0.717) is 0 Å². The first-order valence-electron chi connectivity index (χ1n) is 6.77. The van der Waals surface area contributed by atoms with Gasteiger partial charge in [0.05, 0.1) is 12.6 Å². The second kappa shape index (κ2) is 11.0. The molecule has 11 heteroatoms. The van der Waals surface area contributed by atoms with Gasteiger partial charge in [-0.25, -0.2) is 4.79 Å². The topological polar surface area (TPSA) is 176 Å². The minimum absolute atomic E-state index is 0. The number of ether oxygens (including phenoxy) is 2. The standard InChI is InChI=1S/C9H8O4.C6H8O6.Ca/c1-6(10)13-8-5-3-2-4-7(8)9(11)12;7-1-2(8)5-3(9)4(10)6(11)12-5;/h2-5H,1H3,(H,11,12);2,5,7-10H,1H2;/q;;+2/p-2/t;2-,5+;/m.0./s1. The van der Waals surface area contributed by atoms with Crippen LogP contribution in [0.2, 0.25) is 0 Å². The molecule has 0 bridgehead atoms. The first-order chi connectivity index (χ1) is 11.7. The van der Waals surface area contributed by atoms with Gasteiger partial charge in [0.1, 0.15) is 18.0 Å². The Bertz CT molecular complexity index is 699. The Morgan fingerprint density at radius 1 is 1.35 bits per heavy atom. The maximum Gasteiger partial charge on any atom is 2.00 e. The van der Waals surface area contributed by atoms with Gasteiger partial charge in [-0.15, -0.1) is 0 Å². The monoisotopic (exact) mass is 394 g/mol. The van der Waals surface area contributed by atoms with Gasteiger partial charge in [0.15, 0.2) is 5.76 Å². The minimum atomic E-state index is -1.48. The first kappa shape index (κ1) is 24.1. The predicted octanol–water partition coefficient (Wildman–Crippen LogP) is -3.01. The average Bonchev–Trinajstić information content (AvgIpc) is 2.82. The van der Waals surface area contributed by atoms with Crippen LogP contribution in [0.4, 0.5) is 0 Å². The second-order valence-corrected chi connectivity index (χ2v) is 4.67. The summed E-state index contributed by atoms with van der Waals surface area (Å²) in [4.78, 5) is 31.5. The summed E-state index contributed by atoms with van der Waals surface area (Å²) in [6, 6.07) is 5.81. The average molecular weight is 394 g/mol. The molecule has 1 aromatic carbocycles. The van der Waals surface area contributed by atoms with Gasteiger partial charge < -0.3 is 39.8 Å². The Morgan fingerprint density at radius 3 is 2.35 bits per heavy atom. The summed E-state index contributed by atoms with van der Waals surface area (Å²) < 4.78 is 8.90. The summed E-state index contributed by atoms with van der Waals surface area (Å²) in [6.45, 7) is 0.489. The molecule has 1 aromatic rings. The van der Waals surface area contributed by atoms with E-state index in [9.17, 15) is 24.6 Å². The molecule has 10 nitrogen and oxygen atoms in total. The summed E-state index contributed by atoms with van der Waals surface area (Å²) in [7, 11) is 0. The van der Waals surface area contributed by atoms with Gasteiger partial charge >= 0.3 is 49.7 Å². The molecular formula is C15H14CaO10. The van der Waals surface area contributed by atoms with E-state index in [4.69, 9.17) is 15.3 Å². The number of benzene rings is 1. The second-order valence-electron chi connectivity index (χ2n) is 4.67. The molecule has 0 saturated carbocycles. The number of esters is 2. The van der Waals surface area contributed by atoms with E-state index >= 15 is 0 Å². The van der Waals surface area contributed by atoms with Crippen LogP contribution in [0, 0.1) is 0 Å². The predicted molar refractivity (Wildman–Crippen MR) is 80.5 cm³/mol. The molecule has 0 aliphatic carbocycles. The van der Waals surface area contributed by atoms with Crippen molar-refractivity contribution in [1.29, 1.82) is 0 Å². The van der Waals surface area contributed by atoms with Gasteiger partial charge in [0, 0.05) is 12.5 Å². The summed E-state index contributed by atoms with van der Waals surface area (Å²) in [5.74, 6) is -5.12. The van der Waals surface area contributed by atoms with Crippen molar-refractivity contribution in [2.75, 3.05) is 6.61 Å². The number of aliphatic hydroxyl groups excluding tert-OH is 3. The van der Waals surface area contributed by atoms with E-state index in [1.807, 2.05) is 0 Å². The van der Waals surface area contributed by atoms with Crippen LogP contribution < -0.4 is 14.9 Å². The molecule has 0 aromatic heterocycles. The third-order valence-corrected chi connectivity index (χ3v) is 2.82. The number of carbonyl (C=O) groups excluding carboxylic acids is 3. The number of carbonyl (C=O) groups is 3. The van der Waals surface area contributed by atoms with Crippen molar-refractivity contribution in [3.63, 3.8) is 0 Å². The van der Waals surface area contributed by atoms with E-state index in [-0.39, 0.29) is 49.1 Å². The maximum atomic E-state index is 10.8. The molecule has 1 aliphatic heterocycles. The number of cyclic esters (lactones) is 1. The zero-order chi connectivity index (χ0) is 19.1. The van der Waals surface area contributed by atoms with E-state index in [2.05, 4.69) is 9.47 Å². The number of para-hydroxylation sites is 1. The molecule has 0 amide bonds. The molecule has 0 spiro atoms. The van der Waals surface area contributed by atoms with Gasteiger partial charge in [0.2, 0.25) is 0 Å². The van der Waals surface area contributed by atoms with Crippen molar-refractivity contribution in [3.8, 4) is 5.75 Å². The number of hydrogen-bond donors (Lipinski definition) is 3. The molecule has 0 saturated heterocycles. The third-order valence-electron chi connectivity index (χ3n) is 2.82. The Hall–Kier alpha value is -1.85. The fourth-order valence-corrected chi connectivity index (χ4v) is 1.69. The SMILES string of the molecule is CC(=O)Oc1ccccc1C(=O)[O-].O=C1O[C@H]([C@@H](O)CO)C([O-])=C1O.[Ca+2]. The molecule has 1 heterocycles. The quantitative estimate of drug-likeness (QED) is 0.271. The van der Waals surface area contributed by atoms with Crippen LogP contribution in [-0.4, -0.2) is 89.8 Å². The van der Waals surface area contributed by atoms with Crippen LogP contribution in [0.1, 0.15) is 17.3 Å². The largest absolute Gasteiger partial charge is 2.00 e. The van der Waals surface area contributed by atoms with Crippen LogP contribution >= 0.6 is 0 Å². The number of aliphatic hydroxyl groups is 3. The van der Waals surface area contributed by atoms with Gasteiger partial charge in [-0.3, -0.25) is 4.79 Å². The van der Waals surface area contributed by atoms with Crippen LogP contribution in [0.5, 0.6) is 5.75 Å². The fourth-order valence-electron chi connectivity index (χ4n) is 1.69. The summed E-state index contributed by atoms with van der Waals surface area (Å²) in [5.41, 5.74) is -0.127. The Kier molecular flexibility index (Phi) is 10.2. The zero-order valence-corrected chi connectivity index (χ0v) is 15.8. The molecule has 26 heavy (non-hydrogen) atoms. The van der Waals surface area contributed by atoms with Crippen LogP contribution in [-0.2, 0) is 14.3 Å². The minimum Gasteiger partial charge on any atom is -0.870 e. The van der Waals surface area contributed by atoms with Crippen molar-refractivity contribution in [2.45, 2.75) is 19.1 Å². The van der Waals surface area contributed by atoms with E-state index in [1.165, 1.54) is 25.1 Å². The third kappa shape index (κ3) is 6.46. The fraction of sp³-hybridized carbons (Fsp3) is 0.267. The Balaban J connectivity index is 0.000000464. The molecule has 1 aliphatic rings. The Morgan fingerprint density at radius 2 is 1.92 bits per heavy atom. The Labute approximate surface area is 177 Å². The van der Waals surface area contributed by atoms with E-state index in [1.54, 1.807) is 6.07 Å². The van der Waals surface area contributed by atoms with Gasteiger partial charge in [-0.2, -0.15) is 0 Å². The van der Waals surface area contributed by atoms with Crippen LogP contribution in [0.25, 0.3) is 0 Å². The van der Waals surface area contributed by atoms with Crippen molar-refractivity contribution < 1.29 is 49.4 Å². The molecule has 2 rings (SSSR count). The van der Waals surface area contributed by atoms with Crippen molar-refractivity contribution in [3.05, 3.63) is 41.3 Å². The maximum absolute atomic E-state index is 10.8. The molecule has 2 atom stereocenters. The van der Waals surface area contributed by atoms with Crippen molar-refractivity contribution >= 4 is 55.6 Å². The van der Waals surface area contributed by atoms with E-state index in [0.717, 1.165) is 0 Å². The van der Waals surface area contributed by atoms with E-state index < -0.39 is 48.2 Å². The zero-order valence-electron chi connectivity index (χ0n) is 13.6. The molecule has 3 N–H and O–H groups in total. The number of carboxylic acid groups (broad SMARTS) is 1. The smallest absolute Gasteiger partial charge is 0.870 e. The number of carboxylic acids is 1. The number of hydrogen-bond acceptors (Lipinski definition) is 10. The molecule has 0 unspecified atom stereocenters. The molecule has 136 valence electrons. The summed E-state index contributed by atoms with van der Waals surface area (Å²) >= 11 is 0. The summed E-state index contributed by atoms with van der Waals surface area (Å²) in [5, 5.41) is 47.3. The van der Waals surface area contributed by atoms with Crippen molar-refractivity contribution in [2.24, 2.45) is 0 Å². The number of rotatable bonds is 4. The summed E-state index contributed by atoms with van der Waals surface area (Å²) in [6.07, 6.45) is -2.95. The molecular weight excluding hydrogens is 380 g/mol.